The molecule has 3 unspecified atom stereocenters. The zero-order chi connectivity index (χ0) is 14.4. The Morgan fingerprint density at radius 2 is 2.05 bits per heavy atom. The van der Waals surface area contributed by atoms with E-state index in [-0.39, 0.29) is 5.38 Å². The van der Waals surface area contributed by atoms with Crippen LogP contribution in [0.2, 0.25) is 0 Å². The zero-order valence-electron chi connectivity index (χ0n) is 12.1. The van der Waals surface area contributed by atoms with Gasteiger partial charge in [0, 0.05) is 12.3 Å². The van der Waals surface area contributed by atoms with Crippen LogP contribution in [0.1, 0.15) is 37.6 Å². The first-order valence-corrected chi connectivity index (χ1v) is 7.71. The second-order valence-corrected chi connectivity index (χ2v) is 5.71. The minimum absolute atomic E-state index is 0.0927. The molecule has 1 aromatic rings. The molecule has 0 aromatic heterocycles. The Morgan fingerprint density at radius 3 is 2.75 bits per heavy atom. The second kappa shape index (κ2) is 7.36. The number of alkyl halides is 1. The van der Waals surface area contributed by atoms with Gasteiger partial charge in [0.1, 0.15) is 0 Å². The summed E-state index contributed by atoms with van der Waals surface area (Å²) in [5.74, 6) is 7.52. The van der Waals surface area contributed by atoms with Gasteiger partial charge in [-0.15, -0.1) is 11.6 Å². The molecule has 0 saturated heterocycles. The van der Waals surface area contributed by atoms with Crippen molar-refractivity contribution in [2.45, 2.75) is 32.1 Å². The molecule has 0 N–H and O–H groups in total. The highest BCUT2D eigenvalue weighted by atomic mass is 35.5. The lowest BCUT2D eigenvalue weighted by Gasteiger charge is -2.16. The summed E-state index contributed by atoms with van der Waals surface area (Å²) < 4.78 is 0. The Bertz CT molecular complexity index is 542. The molecule has 2 rings (SSSR count). The molecule has 0 aliphatic heterocycles. The molecule has 20 heavy (non-hydrogen) atoms. The summed E-state index contributed by atoms with van der Waals surface area (Å²) in [6.45, 7) is 4.47. The SMILES string of the molecule is CCC(C)C1C#CC/C=C(C(Cl)c2ccccc2)\C=C/1. The van der Waals surface area contributed by atoms with Crippen LogP contribution >= 0.6 is 11.6 Å². The molecular weight excluding hydrogens is 264 g/mol. The predicted molar refractivity (Wildman–Crippen MR) is 87.6 cm³/mol. The normalized spacial score (nSPS) is 25.1. The van der Waals surface area contributed by atoms with E-state index >= 15 is 0 Å². The predicted octanol–water partition coefficient (Wildman–Crippen LogP) is 5.52. The monoisotopic (exact) mass is 284 g/mol. The molecule has 0 bridgehead atoms. The minimum Gasteiger partial charge on any atom is -0.113 e. The van der Waals surface area contributed by atoms with E-state index in [0.717, 1.165) is 24.0 Å². The molecular formula is C19H21Cl. The van der Waals surface area contributed by atoms with E-state index in [4.69, 9.17) is 11.6 Å². The average molecular weight is 285 g/mol. The van der Waals surface area contributed by atoms with Crippen LogP contribution in [0.3, 0.4) is 0 Å². The van der Waals surface area contributed by atoms with E-state index in [1.807, 2.05) is 18.2 Å². The molecule has 104 valence electrons. The fourth-order valence-electron chi connectivity index (χ4n) is 2.26. The highest BCUT2D eigenvalue weighted by molar-refractivity contribution is 6.22. The van der Waals surface area contributed by atoms with Crippen LogP contribution in [0.4, 0.5) is 0 Å². The quantitative estimate of drug-likeness (QED) is 0.504. The van der Waals surface area contributed by atoms with Crippen molar-refractivity contribution in [2.24, 2.45) is 11.8 Å². The van der Waals surface area contributed by atoms with Gasteiger partial charge in [0.15, 0.2) is 0 Å². The van der Waals surface area contributed by atoms with Gasteiger partial charge in [-0.2, -0.15) is 0 Å². The summed E-state index contributed by atoms with van der Waals surface area (Å²) in [5, 5.41) is -0.0927. The molecule has 0 spiro atoms. The fourth-order valence-corrected chi connectivity index (χ4v) is 2.57. The Hall–Kier alpha value is -1.45. The Kier molecular flexibility index (Phi) is 5.50. The summed E-state index contributed by atoms with van der Waals surface area (Å²) in [6.07, 6.45) is 8.44. The van der Waals surface area contributed by atoms with E-state index in [9.17, 15) is 0 Å². The number of hydrogen-bond acceptors (Lipinski definition) is 0. The van der Waals surface area contributed by atoms with Crippen LogP contribution in [-0.4, -0.2) is 0 Å². The average Bonchev–Trinajstić information content (AvgIpc) is 2.47. The maximum atomic E-state index is 6.60. The smallest absolute Gasteiger partial charge is 0.0832 e. The standard InChI is InChI=1S/C19H21Cl/c1-3-15(2)16-9-7-8-12-18(14-13-16)19(20)17-10-5-4-6-11-17/h4-6,10-16,19H,3,8H2,1-2H3/b14-13-,18-12+. The highest BCUT2D eigenvalue weighted by Gasteiger charge is 2.14. The van der Waals surface area contributed by atoms with Gasteiger partial charge >= 0.3 is 0 Å². The van der Waals surface area contributed by atoms with E-state index in [2.05, 4.69) is 56.0 Å². The van der Waals surface area contributed by atoms with Crippen LogP contribution in [0, 0.1) is 23.7 Å². The van der Waals surface area contributed by atoms with Gasteiger partial charge in [-0.1, -0.05) is 80.7 Å². The molecule has 0 nitrogen and oxygen atoms in total. The van der Waals surface area contributed by atoms with Crippen molar-refractivity contribution in [1.82, 2.24) is 0 Å². The van der Waals surface area contributed by atoms with Crippen LogP contribution < -0.4 is 0 Å². The van der Waals surface area contributed by atoms with Crippen molar-refractivity contribution >= 4 is 11.6 Å². The Morgan fingerprint density at radius 1 is 1.30 bits per heavy atom. The second-order valence-electron chi connectivity index (χ2n) is 5.27. The van der Waals surface area contributed by atoms with Gasteiger partial charge in [-0.05, 0) is 17.1 Å². The van der Waals surface area contributed by atoms with Crippen molar-refractivity contribution in [1.29, 1.82) is 0 Å². The lowest BCUT2D eigenvalue weighted by molar-refractivity contribution is 0.494. The van der Waals surface area contributed by atoms with Crippen LogP contribution in [-0.2, 0) is 0 Å². The fraction of sp³-hybridized carbons (Fsp3) is 0.368. The number of hydrogen-bond donors (Lipinski definition) is 0. The van der Waals surface area contributed by atoms with Crippen molar-refractivity contribution in [3.8, 4) is 11.8 Å². The summed E-state index contributed by atoms with van der Waals surface area (Å²) in [4.78, 5) is 0. The maximum Gasteiger partial charge on any atom is 0.0832 e. The lowest BCUT2D eigenvalue weighted by atomic mass is 9.89. The third kappa shape index (κ3) is 3.78. The van der Waals surface area contributed by atoms with E-state index in [0.29, 0.717) is 11.8 Å². The minimum atomic E-state index is -0.0927. The van der Waals surface area contributed by atoms with Gasteiger partial charge in [0.2, 0.25) is 0 Å². The van der Waals surface area contributed by atoms with Gasteiger partial charge in [-0.25, -0.2) is 0 Å². The molecule has 0 fully saturated rings. The molecule has 3 atom stereocenters. The zero-order valence-corrected chi connectivity index (χ0v) is 12.9. The third-order valence-electron chi connectivity index (χ3n) is 3.85. The van der Waals surface area contributed by atoms with Gasteiger partial charge in [-0.3, -0.25) is 0 Å². The summed E-state index contributed by atoms with van der Waals surface area (Å²) >= 11 is 6.60. The van der Waals surface area contributed by atoms with Gasteiger partial charge in [0.25, 0.3) is 0 Å². The van der Waals surface area contributed by atoms with E-state index in [1.165, 1.54) is 0 Å². The molecule has 0 amide bonds. The van der Waals surface area contributed by atoms with E-state index < -0.39 is 0 Å². The van der Waals surface area contributed by atoms with Crippen LogP contribution in [0.25, 0.3) is 0 Å². The van der Waals surface area contributed by atoms with Gasteiger partial charge < -0.3 is 0 Å². The third-order valence-corrected chi connectivity index (χ3v) is 4.35. The lowest BCUT2D eigenvalue weighted by Crippen LogP contribution is -2.07. The topological polar surface area (TPSA) is 0 Å². The summed E-state index contributed by atoms with van der Waals surface area (Å²) in [6, 6.07) is 10.2. The van der Waals surface area contributed by atoms with Crippen molar-refractivity contribution in [3.05, 3.63) is 59.7 Å². The Labute approximate surface area is 127 Å². The van der Waals surface area contributed by atoms with E-state index in [1.54, 1.807) is 0 Å². The van der Waals surface area contributed by atoms with Crippen LogP contribution in [0.5, 0.6) is 0 Å². The van der Waals surface area contributed by atoms with Crippen molar-refractivity contribution < 1.29 is 0 Å². The number of benzene rings is 1. The number of rotatable bonds is 4. The number of allylic oxidation sites excluding steroid dienone is 4. The molecule has 1 aliphatic carbocycles. The molecule has 0 heterocycles. The van der Waals surface area contributed by atoms with Crippen molar-refractivity contribution in [2.75, 3.05) is 0 Å². The molecule has 1 aliphatic rings. The Balaban J connectivity index is 2.19. The molecule has 1 aromatic carbocycles. The summed E-state index contributed by atoms with van der Waals surface area (Å²) in [7, 11) is 0. The first-order valence-electron chi connectivity index (χ1n) is 7.28. The first-order chi connectivity index (χ1) is 9.72. The molecule has 0 saturated carbocycles. The number of halogens is 1. The van der Waals surface area contributed by atoms with Crippen molar-refractivity contribution in [3.63, 3.8) is 0 Å². The summed E-state index contributed by atoms with van der Waals surface area (Å²) in [5.41, 5.74) is 2.29. The molecule has 1 heteroatoms. The first kappa shape index (κ1) is 14.9. The van der Waals surface area contributed by atoms with Crippen LogP contribution in [0.15, 0.2) is 54.1 Å². The maximum absolute atomic E-state index is 6.60. The largest absolute Gasteiger partial charge is 0.113 e. The highest BCUT2D eigenvalue weighted by Crippen LogP contribution is 2.31. The molecule has 0 radical (unpaired) electrons. The van der Waals surface area contributed by atoms with Gasteiger partial charge in [0.05, 0.1) is 5.38 Å².